The second-order valence-corrected chi connectivity index (χ2v) is 6.28. The molecular weight excluding hydrogens is 246 g/mol. The van der Waals surface area contributed by atoms with Crippen LogP contribution in [-0.4, -0.2) is 12.6 Å². The van der Waals surface area contributed by atoms with Crippen LogP contribution in [0.1, 0.15) is 57.9 Å². The number of rotatable bonds is 8. The summed E-state index contributed by atoms with van der Waals surface area (Å²) in [4.78, 5) is 0. The van der Waals surface area contributed by atoms with E-state index >= 15 is 0 Å². The fourth-order valence-corrected chi connectivity index (χ4v) is 3.05. The van der Waals surface area contributed by atoms with E-state index in [1.54, 1.807) is 0 Å². The monoisotopic (exact) mass is 275 g/mol. The van der Waals surface area contributed by atoms with Crippen molar-refractivity contribution < 1.29 is 4.74 Å². The van der Waals surface area contributed by atoms with Gasteiger partial charge in [-0.1, -0.05) is 37.8 Å². The molecule has 0 bridgehead atoms. The van der Waals surface area contributed by atoms with Crippen LogP contribution in [0.4, 0.5) is 0 Å². The summed E-state index contributed by atoms with van der Waals surface area (Å²) in [5.74, 6) is 1.99. The van der Waals surface area contributed by atoms with Crippen LogP contribution >= 0.6 is 0 Å². The number of benzene rings is 1. The molecule has 0 amide bonds. The highest BCUT2D eigenvalue weighted by atomic mass is 16.5. The van der Waals surface area contributed by atoms with Gasteiger partial charge in [0.1, 0.15) is 5.75 Å². The van der Waals surface area contributed by atoms with Gasteiger partial charge in [-0.05, 0) is 56.8 Å². The van der Waals surface area contributed by atoms with Gasteiger partial charge >= 0.3 is 0 Å². The van der Waals surface area contributed by atoms with E-state index in [2.05, 4.69) is 37.4 Å². The van der Waals surface area contributed by atoms with Crippen LogP contribution in [0.2, 0.25) is 0 Å². The van der Waals surface area contributed by atoms with Crippen LogP contribution < -0.4 is 10.1 Å². The molecule has 112 valence electrons. The molecule has 1 fully saturated rings. The van der Waals surface area contributed by atoms with Crippen LogP contribution in [0, 0.1) is 5.92 Å². The maximum absolute atomic E-state index is 5.72. The minimum atomic E-state index is 0.240. The van der Waals surface area contributed by atoms with Crippen molar-refractivity contribution in [2.75, 3.05) is 6.54 Å². The molecule has 1 saturated carbocycles. The highest BCUT2D eigenvalue weighted by Crippen LogP contribution is 2.28. The van der Waals surface area contributed by atoms with Gasteiger partial charge in [0.25, 0.3) is 0 Å². The molecule has 0 atom stereocenters. The highest BCUT2D eigenvalue weighted by molar-refractivity contribution is 5.28. The SMILES string of the molecule is CC(C)Oc1cccc(CNCCCC2CCCC2)c1. The summed E-state index contributed by atoms with van der Waals surface area (Å²) < 4.78 is 5.72. The summed E-state index contributed by atoms with van der Waals surface area (Å²) in [5, 5.41) is 3.55. The van der Waals surface area contributed by atoms with E-state index in [1.807, 2.05) is 6.07 Å². The lowest BCUT2D eigenvalue weighted by Crippen LogP contribution is -2.15. The van der Waals surface area contributed by atoms with E-state index in [-0.39, 0.29) is 6.10 Å². The van der Waals surface area contributed by atoms with Crippen molar-refractivity contribution in [3.8, 4) is 5.75 Å². The second kappa shape index (κ2) is 8.31. The van der Waals surface area contributed by atoms with Crippen molar-refractivity contribution in [3.05, 3.63) is 29.8 Å². The summed E-state index contributed by atoms with van der Waals surface area (Å²) in [7, 11) is 0. The van der Waals surface area contributed by atoms with Gasteiger partial charge in [0.05, 0.1) is 6.10 Å². The Kier molecular flexibility index (Phi) is 6.38. The highest BCUT2D eigenvalue weighted by Gasteiger charge is 2.13. The van der Waals surface area contributed by atoms with Gasteiger partial charge in [0, 0.05) is 6.54 Å². The molecule has 2 rings (SSSR count). The average molecular weight is 275 g/mol. The van der Waals surface area contributed by atoms with E-state index < -0.39 is 0 Å². The van der Waals surface area contributed by atoms with Crippen LogP contribution in [-0.2, 0) is 6.54 Å². The number of ether oxygens (including phenoxy) is 1. The molecule has 1 aromatic carbocycles. The molecule has 0 heterocycles. The Morgan fingerprint density at radius 2 is 2.05 bits per heavy atom. The third-order valence-corrected chi connectivity index (χ3v) is 4.04. The van der Waals surface area contributed by atoms with Gasteiger partial charge in [0.2, 0.25) is 0 Å². The fourth-order valence-electron chi connectivity index (χ4n) is 3.05. The summed E-state index contributed by atoms with van der Waals surface area (Å²) in [6, 6.07) is 8.41. The maximum Gasteiger partial charge on any atom is 0.120 e. The number of nitrogens with one attached hydrogen (secondary N) is 1. The molecule has 0 spiro atoms. The molecule has 0 aromatic heterocycles. The van der Waals surface area contributed by atoms with E-state index in [4.69, 9.17) is 4.74 Å². The van der Waals surface area contributed by atoms with Crippen molar-refractivity contribution in [2.45, 2.75) is 65.0 Å². The Balaban J connectivity index is 1.63. The van der Waals surface area contributed by atoms with Crippen molar-refractivity contribution in [1.82, 2.24) is 5.32 Å². The second-order valence-electron chi connectivity index (χ2n) is 6.28. The Bertz CT molecular complexity index is 383. The van der Waals surface area contributed by atoms with Gasteiger partial charge in [-0.2, -0.15) is 0 Å². The van der Waals surface area contributed by atoms with E-state index in [1.165, 1.54) is 44.1 Å². The van der Waals surface area contributed by atoms with Gasteiger partial charge in [-0.15, -0.1) is 0 Å². The molecule has 0 radical (unpaired) electrons. The van der Waals surface area contributed by atoms with Crippen LogP contribution in [0.25, 0.3) is 0 Å². The third-order valence-electron chi connectivity index (χ3n) is 4.04. The van der Waals surface area contributed by atoms with Gasteiger partial charge in [-0.3, -0.25) is 0 Å². The lowest BCUT2D eigenvalue weighted by molar-refractivity contribution is 0.242. The van der Waals surface area contributed by atoms with Crippen molar-refractivity contribution in [2.24, 2.45) is 5.92 Å². The smallest absolute Gasteiger partial charge is 0.120 e. The third kappa shape index (κ3) is 5.54. The van der Waals surface area contributed by atoms with Gasteiger partial charge < -0.3 is 10.1 Å². The average Bonchev–Trinajstić information content (AvgIpc) is 2.91. The first-order valence-corrected chi connectivity index (χ1v) is 8.20. The van der Waals surface area contributed by atoms with Crippen LogP contribution in [0.5, 0.6) is 5.75 Å². The zero-order valence-electron chi connectivity index (χ0n) is 13.0. The zero-order valence-corrected chi connectivity index (χ0v) is 13.0. The zero-order chi connectivity index (χ0) is 14.2. The first kappa shape index (κ1) is 15.4. The van der Waals surface area contributed by atoms with Gasteiger partial charge in [-0.25, -0.2) is 0 Å². The lowest BCUT2D eigenvalue weighted by Gasteiger charge is -2.12. The van der Waals surface area contributed by atoms with Crippen molar-refractivity contribution in [3.63, 3.8) is 0 Å². The summed E-state index contributed by atoms with van der Waals surface area (Å²) in [5.41, 5.74) is 1.31. The fraction of sp³-hybridized carbons (Fsp3) is 0.667. The molecule has 1 aliphatic rings. The first-order chi connectivity index (χ1) is 9.74. The Morgan fingerprint density at radius 3 is 2.80 bits per heavy atom. The quantitative estimate of drug-likeness (QED) is 0.704. The van der Waals surface area contributed by atoms with Crippen LogP contribution in [0.3, 0.4) is 0 Å². The van der Waals surface area contributed by atoms with Gasteiger partial charge in [0.15, 0.2) is 0 Å². The molecule has 1 N–H and O–H groups in total. The lowest BCUT2D eigenvalue weighted by atomic mass is 10.0. The van der Waals surface area contributed by atoms with E-state index in [0.717, 1.165) is 24.8 Å². The van der Waals surface area contributed by atoms with Crippen LogP contribution in [0.15, 0.2) is 24.3 Å². The predicted molar refractivity (Wildman–Crippen MR) is 85.1 cm³/mol. The standard InChI is InChI=1S/C18H29NO/c1-15(2)20-18-11-5-9-17(13-18)14-19-12-6-10-16-7-3-4-8-16/h5,9,11,13,15-16,19H,3-4,6-8,10,12,14H2,1-2H3. The number of hydrogen-bond donors (Lipinski definition) is 1. The van der Waals surface area contributed by atoms with E-state index in [9.17, 15) is 0 Å². The normalized spacial score (nSPS) is 15.9. The first-order valence-electron chi connectivity index (χ1n) is 8.20. The molecule has 1 aromatic rings. The molecule has 0 aliphatic heterocycles. The Hall–Kier alpha value is -1.02. The Morgan fingerprint density at radius 1 is 1.25 bits per heavy atom. The molecular formula is C18H29NO. The molecule has 1 aliphatic carbocycles. The molecule has 0 saturated heterocycles. The largest absolute Gasteiger partial charge is 0.491 e. The predicted octanol–water partition coefficient (Wildman–Crippen LogP) is 4.53. The molecule has 2 heteroatoms. The Labute approximate surface area is 123 Å². The summed E-state index contributed by atoms with van der Waals surface area (Å²) in [6.07, 6.45) is 8.81. The molecule has 2 nitrogen and oxygen atoms in total. The number of hydrogen-bond acceptors (Lipinski definition) is 2. The minimum absolute atomic E-state index is 0.240. The topological polar surface area (TPSA) is 21.3 Å². The molecule has 0 unspecified atom stereocenters. The summed E-state index contributed by atoms with van der Waals surface area (Å²) in [6.45, 7) is 6.20. The minimum Gasteiger partial charge on any atom is -0.491 e. The van der Waals surface area contributed by atoms with Crippen molar-refractivity contribution >= 4 is 0 Å². The maximum atomic E-state index is 5.72. The van der Waals surface area contributed by atoms with E-state index in [0.29, 0.717) is 0 Å². The van der Waals surface area contributed by atoms with Crippen molar-refractivity contribution in [1.29, 1.82) is 0 Å². The summed E-state index contributed by atoms with van der Waals surface area (Å²) >= 11 is 0. The molecule has 20 heavy (non-hydrogen) atoms.